The first-order chi connectivity index (χ1) is 15.4. The van der Waals surface area contributed by atoms with Crippen molar-refractivity contribution in [2.45, 2.75) is 25.9 Å². The number of allylic oxidation sites excluding steroid dienone is 1. The Kier molecular flexibility index (Phi) is 5.80. The lowest BCUT2D eigenvalue weighted by atomic mass is 9.84. The third kappa shape index (κ3) is 3.77. The minimum absolute atomic E-state index is 0.0337. The van der Waals surface area contributed by atoms with Crippen LogP contribution in [-0.2, 0) is 9.53 Å². The van der Waals surface area contributed by atoms with E-state index in [1.165, 1.54) is 15.9 Å². The Balaban J connectivity index is 2.10. The van der Waals surface area contributed by atoms with E-state index < -0.39 is 11.9 Å². The number of fused-ring (bicyclic) bond motifs is 1. The van der Waals surface area contributed by atoms with E-state index in [-0.39, 0.29) is 28.6 Å². The summed E-state index contributed by atoms with van der Waals surface area (Å²) in [6, 6.07) is 20.7. The van der Waals surface area contributed by atoms with Gasteiger partial charge in [-0.1, -0.05) is 60.7 Å². The van der Waals surface area contributed by atoms with Gasteiger partial charge in [0, 0.05) is 0 Å². The SMILES string of the molecule is CC(C)OC(=O)C1=c2sc(=Cc3ccccc3)c(=O)n2C(N)=C(C#N)C1c1ccccc1. The van der Waals surface area contributed by atoms with E-state index in [9.17, 15) is 14.9 Å². The molecule has 1 aliphatic rings. The van der Waals surface area contributed by atoms with Crippen LogP contribution in [0.2, 0.25) is 0 Å². The number of carbonyl (C=O) groups is 1. The summed E-state index contributed by atoms with van der Waals surface area (Å²) >= 11 is 1.17. The van der Waals surface area contributed by atoms with Crippen LogP contribution >= 0.6 is 11.3 Å². The predicted molar refractivity (Wildman–Crippen MR) is 125 cm³/mol. The standard InChI is InChI=1S/C25H21N3O3S/c1-15(2)31-25(30)21-20(17-11-7-4-8-12-17)18(14-26)22(27)28-23(29)19(32-24(21)28)13-16-9-5-3-6-10-16/h3-13,15,20H,27H2,1-2H3. The third-order valence-electron chi connectivity index (χ3n) is 5.06. The van der Waals surface area contributed by atoms with Crippen molar-refractivity contribution in [2.75, 3.05) is 0 Å². The molecule has 7 heteroatoms. The maximum atomic E-state index is 13.3. The molecule has 6 nitrogen and oxygen atoms in total. The first-order valence-electron chi connectivity index (χ1n) is 10.1. The molecule has 0 saturated heterocycles. The van der Waals surface area contributed by atoms with E-state index in [2.05, 4.69) is 6.07 Å². The fourth-order valence-electron chi connectivity index (χ4n) is 3.70. The van der Waals surface area contributed by atoms with E-state index in [0.717, 1.165) is 11.1 Å². The molecule has 1 aromatic heterocycles. The molecular weight excluding hydrogens is 422 g/mol. The van der Waals surface area contributed by atoms with Gasteiger partial charge in [0.2, 0.25) is 0 Å². The number of nitrogens with two attached hydrogens (primary N) is 1. The number of ether oxygens (including phenoxy) is 1. The molecule has 2 N–H and O–H groups in total. The number of rotatable bonds is 4. The zero-order chi connectivity index (χ0) is 22.8. The molecule has 0 bridgehead atoms. The van der Waals surface area contributed by atoms with Crippen LogP contribution in [0.3, 0.4) is 0 Å². The van der Waals surface area contributed by atoms with Crippen molar-refractivity contribution in [1.82, 2.24) is 4.57 Å². The fourth-order valence-corrected chi connectivity index (χ4v) is 4.87. The highest BCUT2D eigenvalue weighted by Gasteiger charge is 2.36. The molecule has 1 unspecified atom stereocenters. The average molecular weight is 444 g/mol. The summed E-state index contributed by atoms with van der Waals surface area (Å²) in [7, 11) is 0. The summed E-state index contributed by atoms with van der Waals surface area (Å²) < 4.78 is 7.58. The van der Waals surface area contributed by atoms with Crippen LogP contribution in [0, 0.1) is 11.3 Å². The maximum Gasteiger partial charge on any atom is 0.338 e. The second-order valence-electron chi connectivity index (χ2n) is 7.59. The first kappa shape index (κ1) is 21.3. The Morgan fingerprint density at radius 1 is 1.16 bits per heavy atom. The van der Waals surface area contributed by atoms with Crippen molar-refractivity contribution in [3.8, 4) is 6.07 Å². The van der Waals surface area contributed by atoms with Crippen molar-refractivity contribution >= 4 is 34.8 Å². The molecule has 1 atom stereocenters. The Labute approximate surface area is 188 Å². The monoisotopic (exact) mass is 443 g/mol. The minimum atomic E-state index is -0.727. The van der Waals surface area contributed by atoms with Gasteiger partial charge < -0.3 is 10.5 Å². The molecule has 32 heavy (non-hydrogen) atoms. The highest BCUT2D eigenvalue weighted by molar-refractivity contribution is 7.07. The second kappa shape index (κ2) is 8.69. The lowest BCUT2D eigenvalue weighted by Crippen LogP contribution is -2.40. The number of thiazole rings is 1. The normalized spacial score (nSPS) is 16.1. The van der Waals surface area contributed by atoms with Crippen molar-refractivity contribution in [2.24, 2.45) is 5.73 Å². The predicted octanol–water partition coefficient (Wildman–Crippen LogP) is 2.29. The molecule has 0 fully saturated rings. The molecule has 0 saturated carbocycles. The van der Waals surface area contributed by atoms with Crippen molar-refractivity contribution in [3.63, 3.8) is 0 Å². The Morgan fingerprint density at radius 2 is 1.78 bits per heavy atom. The van der Waals surface area contributed by atoms with Crippen LogP contribution in [0.4, 0.5) is 0 Å². The molecule has 1 aliphatic heterocycles. The smallest absolute Gasteiger partial charge is 0.338 e. The molecular formula is C25H21N3O3S. The quantitative estimate of drug-likeness (QED) is 0.624. The molecule has 0 amide bonds. The van der Waals surface area contributed by atoms with Gasteiger partial charge in [-0.2, -0.15) is 5.26 Å². The molecule has 0 radical (unpaired) electrons. The van der Waals surface area contributed by atoms with Gasteiger partial charge in [-0.3, -0.25) is 9.36 Å². The van der Waals surface area contributed by atoms with Crippen molar-refractivity contribution in [1.29, 1.82) is 5.26 Å². The van der Waals surface area contributed by atoms with Gasteiger partial charge in [-0.15, -0.1) is 11.3 Å². The van der Waals surface area contributed by atoms with Gasteiger partial charge in [0.1, 0.15) is 10.5 Å². The van der Waals surface area contributed by atoms with E-state index in [1.54, 1.807) is 19.9 Å². The molecule has 160 valence electrons. The summed E-state index contributed by atoms with van der Waals surface area (Å²) in [4.78, 5) is 26.5. The van der Waals surface area contributed by atoms with Crippen LogP contribution in [-0.4, -0.2) is 16.6 Å². The zero-order valence-electron chi connectivity index (χ0n) is 17.6. The third-order valence-corrected chi connectivity index (χ3v) is 6.17. The summed E-state index contributed by atoms with van der Waals surface area (Å²) in [6.45, 7) is 3.51. The lowest BCUT2D eigenvalue weighted by molar-refractivity contribution is -0.140. The van der Waals surface area contributed by atoms with Crippen molar-refractivity contribution < 1.29 is 9.53 Å². The summed E-state index contributed by atoms with van der Waals surface area (Å²) in [5.74, 6) is -1.27. The van der Waals surface area contributed by atoms with Crippen LogP contribution in [0.1, 0.15) is 30.9 Å². The van der Waals surface area contributed by atoms with Gasteiger partial charge in [0.25, 0.3) is 5.56 Å². The zero-order valence-corrected chi connectivity index (χ0v) is 18.4. The molecule has 3 aromatic rings. The molecule has 2 aromatic carbocycles. The largest absolute Gasteiger partial charge is 0.460 e. The van der Waals surface area contributed by atoms with Crippen LogP contribution in [0.25, 0.3) is 17.5 Å². The Hall–Kier alpha value is -3.89. The van der Waals surface area contributed by atoms with Crippen LogP contribution in [0.15, 0.2) is 71.0 Å². The Bertz CT molecular complexity index is 1430. The molecule has 0 spiro atoms. The number of nitriles is 1. The highest BCUT2D eigenvalue weighted by Crippen LogP contribution is 2.36. The lowest BCUT2D eigenvalue weighted by Gasteiger charge is -2.25. The number of esters is 1. The number of aromatic nitrogens is 1. The summed E-state index contributed by atoms with van der Waals surface area (Å²) in [5.41, 5.74) is 7.93. The molecule has 2 heterocycles. The topological polar surface area (TPSA) is 98.1 Å². The summed E-state index contributed by atoms with van der Waals surface area (Å²) in [6.07, 6.45) is 1.39. The maximum absolute atomic E-state index is 13.3. The van der Waals surface area contributed by atoms with Crippen LogP contribution in [0.5, 0.6) is 0 Å². The fraction of sp³-hybridized carbons (Fsp3) is 0.160. The van der Waals surface area contributed by atoms with Crippen molar-refractivity contribution in [3.05, 3.63) is 96.9 Å². The number of nitrogens with zero attached hydrogens (tertiary/aromatic N) is 2. The minimum Gasteiger partial charge on any atom is -0.460 e. The van der Waals surface area contributed by atoms with Gasteiger partial charge in [0.05, 0.1) is 33.8 Å². The Morgan fingerprint density at radius 3 is 2.38 bits per heavy atom. The number of carbonyl (C=O) groups excluding carboxylic acids is 1. The number of hydrogen-bond donors (Lipinski definition) is 1. The highest BCUT2D eigenvalue weighted by atomic mass is 32.1. The van der Waals surface area contributed by atoms with Gasteiger partial charge in [-0.25, -0.2) is 4.79 Å². The van der Waals surface area contributed by atoms with Gasteiger partial charge in [-0.05, 0) is 31.1 Å². The number of benzene rings is 2. The van der Waals surface area contributed by atoms with E-state index >= 15 is 0 Å². The molecule has 4 rings (SSSR count). The number of hydrogen-bond acceptors (Lipinski definition) is 6. The van der Waals surface area contributed by atoms with E-state index in [4.69, 9.17) is 10.5 Å². The summed E-state index contributed by atoms with van der Waals surface area (Å²) in [5, 5.41) is 9.96. The van der Waals surface area contributed by atoms with E-state index in [0.29, 0.717) is 9.20 Å². The van der Waals surface area contributed by atoms with Crippen LogP contribution < -0.4 is 20.5 Å². The van der Waals surface area contributed by atoms with Gasteiger partial charge >= 0.3 is 5.97 Å². The van der Waals surface area contributed by atoms with E-state index in [1.807, 2.05) is 60.7 Å². The average Bonchev–Trinajstić information content (AvgIpc) is 3.10. The van der Waals surface area contributed by atoms with Gasteiger partial charge in [0.15, 0.2) is 0 Å². The first-order valence-corrected chi connectivity index (χ1v) is 10.9. The second-order valence-corrected chi connectivity index (χ2v) is 8.62. The molecule has 0 aliphatic carbocycles.